The summed E-state index contributed by atoms with van der Waals surface area (Å²) in [6.07, 6.45) is 2.15. The number of nitro benzene ring substituents is 1. The molecule has 0 radical (unpaired) electrons. The Labute approximate surface area is 126 Å². The fourth-order valence-corrected chi connectivity index (χ4v) is 1.58. The van der Waals surface area contributed by atoms with E-state index in [0.717, 1.165) is 12.3 Å². The molecule has 0 spiro atoms. The molecule has 0 saturated heterocycles. The number of hydrogen-bond acceptors (Lipinski definition) is 8. The summed E-state index contributed by atoms with van der Waals surface area (Å²) in [5.74, 6) is -1.71. The highest BCUT2D eigenvalue weighted by atomic mass is 35.5. The van der Waals surface area contributed by atoms with Crippen molar-refractivity contribution in [2.45, 2.75) is 0 Å². The molecule has 0 bridgehead atoms. The van der Waals surface area contributed by atoms with Gasteiger partial charge in [0, 0.05) is 6.07 Å². The number of nitrogens with zero attached hydrogens (tertiary/aromatic N) is 3. The average molecular weight is 324 g/mol. The highest BCUT2D eigenvalue weighted by molar-refractivity contribution is 6.32. The van der Waals surface area contributed by atoms with Crippen molar-refractivity contribution >= 4 is 29.2 Å². The Bertz CT molecular complexity index is 819. The second kappa shape index (κ2) is 6.10. The van der Waals surface area contributed by atoms with E-state index >= 15 is 0 Å². The average Bonchev–Trinajstić information content (AvgIpc) is 2.45. The first-order valence-electron chi connectivity index (χ1n) is 5.59. The Morgan fingerprint density at radius 2 is 2.09 bits per heavy atom. The maximum absolute atomic E-state index is 11.5. The predicted octanol–water partition coefficient (Wildman–Crippen LogP) is -0.0753. The van der Waals surface area contributed by atoms with Crippen molar-refractivity contribution in [2.24, 2.45) is 5.10 Å². The molecule has 1 aromatic heterocycles. The summed E-state index contributed by atoms with van der Waals surface area (Å²) in [6.45, 7) is 0. The van der Waals surface area contributed by atoms with Crippen LogP contribution in [-0.2, 0) is 0 Å². The van der Waals surface area contributed by atoms with Crippen LogP contribution in [0.15, 0.2) is 28.2 Å². The molecule has 0 aliphatic carbocycles. The van der Waals surface area contributed by atoms with Gasteiger partial charge in [0.05, 0.1) is 17.3 Å². The Kier molecular flexibility index (Phi) is 4.23. The number of halogens is 1. The summed E-state index contributed by atoms with van der Waals surface area (Å²) in [7, 11) is 0. The molecule has 2 N–H and O–H groups in total. The summed E-state index contributed by atoms with van der Waals surface area (Å²) in [5.41, 5.74) is 0.881. The van der Waals surface area contributed by atoms with Crippen LogP contribution in [0.5, 0.6) is 11.5 Å². The lowest BCUT2D eigenvalue weighted by atomic mass is 10.2. The molecule has 22 heavy (non-hydrogen) atoms. The maximum Gasteiger partial charge on any atom is 0.285 e. The number of benzene rings is 1. The number of hydrazone groups is 1. The van der Waals surface area contributed by atoms with Crippen LogP contribution in [0.2, 0.25) is 5.02 Å². The number of nitrogens with one attached hydrogen (secondary N) is 2. The summed E-state index contributed by atoms with van der Waals surface area (Å²) in [5, 5.41) is 42.4. The normalized spacial score (nSPS) is 10.8. The van der Waals surface area contributed by atoms with Gasteiger partial charge in [-0.25, -0.2) is 5.10 Å². The SMILES string of the molecule is O=c1[nH]ncc(N/N=C/c2cc([N+](=O)[O-])c([O-])cc2[O-])c1Cl. The molecule has 0 saturated carbocycles. The molecular formula is C11H6ClN5O5-2. The van der Waals surface area contributed by atoms with Gasteiger partial charge >= 0.3 is 0 Å². The van der Waals surface area contributed by atoms with Crippen molar-refractivity contribution < 1.29 is 15.1 Å². The van der Waals surface area contributed by atoms with E-state index in [2.05, 4.69) is 20.7 Å². The maximum atomic E-state index is 11.5. The Morgan fingerprint density at radius 3 is 2.77 bits per heavy atom. The number of H-pyrrole nitrogens is 1. The number of nitro groups is 1. The molecule has 0 fully saturated rings. The van der Waals surface area contributed by atoms with Crippen LogP contribution in [0.1, 0.15) is 5.56 Å². The van der Waals surface area contributed by atoms with E-state index in [-0.39, 0.29) is 16.3 Å². The monoisotopic (exact) mass is 323 g/mol. The van der Waals surface area contributed by atoms with E-state index in [0.29, 0.717) is 6.07 Å². The third-order valence-corrected chi connectivity index (χ3v) is 2.85. The van der Waals surface area contributed by atoms with E-state index in [4.69, 9.17) is 11.6 Å². The standard InChI is InChI=1S/C11H8ClN5O5/c12-10-6(4-14-16-11(10)20)15-13-3-5-1-7(17(21)22)9(19)2-8(5)18/h1-4,18-19H,(H2,15,16,20)/p-2/b13-3+. The molecule has 0 unspecified atom stereocenters. The number of anilines is 1. The Morgan fingerprint density at radius 1 is 1.36 bits per heavy atom. The first-order valence-corrected chi connectivity index (χ1v) is 5.96. The van der Waals surface area contributed by atoms with Crippen molar-refractivity contribution in [2.75, 3.05) is 5.43 Å². The van der Waals surface area contributed by atoms with Gasteiger partial charge in [0.15, 0.2) is 0 Å². The van der Waals surface area contributed by atoms with Gasteiger partial charge in [-0.05, 0) is 11.3 Å². The zero-order chi connectivity index (χ0) is 16.3. The van der Waals surface area contributed by atoms with E-state index < -0.39 is 27.7 Å². The molecular weight excluding hydrogens is 318 g/mol. The fourth-order valence-electron chi connectivity index (χ4n) is 1.44. The zero-order valence-corrected chi connectivity index (χ0v) is 11.3. The van der Waals surface area contributed by atoms with Gasteiger partial charge in [-0.2, -0.15) is 10.2 Å². The van der Waals surface area contributed by atoms with Gasteiger partial charge in [-0.15, -0.1) is 5.75 Å². The smallest absolute Gasteiger partial charge is 0.285 e. The van der Waals surface area contributed by atoms with Gasteiger partial charge in [0.2, 0.25) is 0 Å². The third kappa shape index (κ3) is 3.12. The highest BCUT2D eigenvalue weighted by Gasteiger charge is 2.08. The number of aromatic nitrogens is 2. The lowest BCUT2D eigenvalue weighted by Gasteiger charge is -2.15. The summed E-state index contributed by atoms with van der Waals surface area (Å²) in [6, 6.07) is 1.41. The van der Waals surface area contributed by atoms with Crippen molar-refractivity contribution in [3.63, 3.8) is 0 Å². The summed E-state index contributed by atoms with van der Waals surface area (Å²) >= 11 is 5.68. The van der Waals surface area contributed by atoms with Gasteiger partial charge in [0.1, 0.15) is 10.7 Å². The van der Waals surface area contributed by atoms with Crippen LogP contribution in [-0.4, -0.2) is 21.3 Å². The van der Waals surface area contributed by atoms with E-state index in [9.17, 15) is 25.1 Å². The van der Waals surface area contributed by atoms with E-state index in [1.807, 2.05) is 0 Å². The van der Waals surface area contributed by atoms with E-state index in [1.165, 1.54) is 6.20 Å². The summed E-state index contributed by atoms with van der Waals surface area (Å²) in [4.78, 5) is 20.9. The van der Waals surface area contributed by atoms with Gasteiger partial charge < -0.3 is 10.2 Å². The number of hydrogen-bond donors (Lipinski definition) is 2. The largest absolute Gasteiger partial charge is 0.872 e. The first-order chi connectivity index (χ1) is 10.4. The minimum absolute atomic E-state index is 0.0732. The van der Waals surface area contributed by atoms with Crippen LogP contribution in [0.25, 0.3) is 0 Å². The molecule has 2 aromatic rings. The lowest BCUT2D eigenvalue weighted by Crippen LogP contribution is -2.10. The van der Waals surface area contributed by atoms with Gasteiger partial charge in [-0.3, -0.25) is 20.3 Å². The van der Waals surface area contributed by atoms with Crippen molar-refractivity contribution in [1.29, 1.82) is 0 Å². The van der Waals surface area contributed by atoms with Crippen molar-refractivity contribution in [1.82, 2.24) is 10.2 Å². The molecule has 10 nitrogen and oxygen atoms in total. The van der Waals surface area contributed by atoms with Crippen LogP contribution in [0, 0.1) is 10.1 Å². The number of rotatable bonds is 4. The molecule has 0 aliphatic rings. The molecule has 0 aliphatic heterocycles. The van der Waals surface area contributed by atoms with Crippen LogP contribution in [0.3, 0.4) is 0 Å². The second-order valence-corrected chi connectivity index (χ2v) is 4.29. The highest BCUT2D eigenvalue weighted by Crippen LogP contribution is 2.28. The lowest BCUT2D eigenvalue weighted by molar-refractivity contribution is -0.398. The van der Waals surface area contributed by atoms with Crippen molar-refractivity contribution in [3.05, 3.63) is 49.4 Å². The topological polar surface area (TPSA) is 159 Å². The third-order valence-electron chi connectivity index (χ3n) is 2.47. The first kappa shape index (κ1) is 15.3. The molecule has 0 atom stereocenters. The fraction of sp³-hybridized carbons (Fsp3) is 0. The van der Waals surface area contributed by atoms with Crippen LogP contribution in [0.4, 0.5) is 11.4 Å². The van der Waals surface area contributed by atoms with Gasteiger partial charge in [0.25, 0.3) is 11.2 Å². The van der Waals surface area contributed by atoms with E-state index in [1.54, 1.807) is 0 Å². The Balaban J connectivity index is 2.27. The molecule has 114 valence electrons. The number of aromatic amines is 1. The van der Waals surface area contributed by atoms with Crippen LogP contribution >= 0.6 is 11.6 Å². The molecule has 11 heteroatoms. The molecule has 1 aromatic carbocycles. The predicted molar refractivity (Wildman–Crippen MR) is 73.1 cm³/mol. The second-order valence-electron chi connectivity index (χ2n) is 3.91. The van der Waals surface area contributed by atoms with Crippen LogP contribution < -0.4 is 21.2 Å². The van der Waals surface area contributed by atoms with Crippen molar-refractivity contribution in [3.8, 4) is 11.5 Å². The molecule has 2 rings (SSSR count). The quantitative estimate of drug-likeness (QED) is 0.452. The Hall–Kier alpha value is -3.14. The zero-order valence-electron chi connectivity index (χ0n) is 10.6. The minimum atomic E-state index is -0.984. The minimum Gasteiger partial charge on any atom is -0.872 e. The molecule has 1 heterocycles. The summed E-state index contributed by atoms with van der Waals surface area (Å²) < 4.78 is 0. The van der Waals surface area contributed by atoms with Gasteiger partial charge in [-0.1, -0.05) is 17.7 Å². The molecule has 0 amide bonds.